The highest BCUT2D eigenvalue weighted by atomic mass is 32.1. The number of nitrogens with zero attached hydrogens (tertiary/aromatic N) is 4. The predicted molar refractivity (Wildman–Crippen MR) is 495 cm³/mol. The van der Waals surface area contributed by atoms with E-state index in [0.717, 1.165) is 97.8 Å². The van der Waals surface area contributed by atoms with Crippen LogP contribution in [0.5, 0.6) is 0 Å². The first-order chi connectivity index (χ1) is 60.7. The zero-order chi connectivity index (χ0) is 84.4. The van der Waals surface area contributed by atoms with E-state index in [2.05, 4.69) is 43.6 Å². The van der Waals surface area contributed by atoms with E-state index in [1.165, 1.54) is 22.7 Å². The van der Waals surface area contributed by atoms with Gasteiger partial charge in [-0.05, 0) is 243 Å². The van der Waals surface area contributed by atoms with Gasteiger partial charge < -0.3 is 38.9 Å². The molecule has 0 amide bonds. The number of H-pyrrole nitrogens is 4. The van der Waals surface area contributed by atoms with Crippen LogP contribution in [0.25, 0.3) is 179 Å². The largest absolute Gasteiger partial charge is 0.462 e. The molecule has 8 aromatic heterocycles. The van der Waals surface area contributed by atoms with Crippen molar-refractivity contribution in [1.82, 2.24) is 39.9 Å². The maximum absolute atomic E-state index is 15.5. The number of hydrogen-bond acceptors (Lipinski definition) is 16. The summed E-state index contributed by atoms with van der Waals surface area (Å²) < 4.78 is 23.6. The molecule has 0 spiro atoms. The molecule has 12 heterocycles. The monoisotopic (exact) mass is 1650 g/mol. The molecule has 0 saturated heterocycles. The van der Waals surface area contributed by atoms with Crippen molar-refractivity contribution < 1.29 is 38.1 Å². The minimum atomic E-state index is -0.421. The first-order valence-corrected chi connectivity index (χ1v) is 42.0. The van der Waals surface area contributed by atoms with E-state index in [1.807, 2.05) is 218 Å². The summed E-state index contributed by atoms with van der Waals surface area (Å²) in [5.41, 5.74) is 20.9. The quantitative estimate of drug-likeness (QED) is 0.0504. The molecule has 20 heteroatoms. The highest BCUT2D eigenvalue weighted by Crippen LogP contribution is 2.40. The van der Waals surface area contributed by atoms with Crippen LogP contribution in [0.2, 0.25) is 0 Å². The second-order valence-corrected chi connectivity index (χ2v) is 31.7. The Balaban J connectivity index is 0.725. The van der Waals surface area contributed by atoms with Gasteiger partial charge in [-0.25, -0.2) is 39.1 Å². The van der Waals surface area contributed by atoms with Crippen molar-refractivity contribution in [2.45, 2.75) is 27.7 Å². The number of carbonyl (C=O) groups excluding carboxylic acids is 4. The van der Waals surface area contributed by atoms with E-state index in [4.69, 9.17) is 38.9 Å². The topological polar surface area (TPSA) is 254 Å². The first kappa shape index (κ1) is 76.7. The molecule has 0 radical (unpaired) electrons. The molecule has 596 valence electrons. The Morgan fingerprint density at radius 1 is 0.315 bits per heavy atom. The SMILES string of the molecule is CCOC(=O)c1ccc(-c2c3nc(c(C#Cc4ccc5s/c(=c6\sc7ccc(C#Cc8c9nc(c(-c%10ccc(C(=O)OCC)cc%10)c%10ccc(cc%11nc(c(-c%12ccc(C(=O)OCC)cc%12)c%12ccc8[nH]%12)C=C%11)[nH]%10)C=C9)c8cccc(c6=O)c78)c(=O)c6cccc4c56)c4ccc([nH]4)c(-c4ccc(C(=O)OCC)cc4)c4nc(cc5ccc2[nH]5)C=C4)C=C3)cc1. The van der Waals surface area contributed by atoms with Crippen LogP contribution in [0.15, 0.2) is 228 Å². The van der Waals surface area contributed by atoms with Crippen molar-refractivity contribution in [3.63, 3.8) is 0 Å². The minimum absolute atomic E-state index is 0.241. The number of rotatable bonds is 12. The number of aromatic nitrogens is 8. The van der Waals surface area contributed by atoms with Crippen LogP contribution >= 0.6 is 22.7 Å². The molecule has 0 aliphatic carbocycles. The smallest absolute Gasteiger partial charge is 0.338 e. The van der Waals surface area contributed by atoms with Crippen LogP contribution in [-0.4, -0.2) is 90.2 Å². The molecule has 0 saturated carbocycles. The molecule has 16 bridgehead atoms. The molecule has 16 aromatic rings. The number of esters is 4. The molecule has 124 heavy (non-hydrogen) atoms. The van der Waals surface area contributed by atoms with Crippen molar-refractivity contribution in [1.29, 1.82) is 0 Å². The zero-order valence-electron chi connectivity index (χ0n) is 66.9. The zero-order valence-corrected chi connectivity index (χ0v) is 68.6. The second-order valence-electron chi connectivity index (χ2n) is 29.6. The van der Waals surface area contributed by atoms with E-state index < -0.39 is 23.9 Å². The molecular formula is C104H68N8O10S2. The van der Waals surface area contributed by atoms with Gasteiger partial charge in [0.15, 0.2) is 0 Å². The molecule has 4 aliphatic rings. The predicted octanol–water partition coefficient (Wildman–Crippen LogP) is 22.0. The second kappa shape index (κ2) is 31.9. The van der Waals surface area contributed by atoms with Crippen molar-refractivity contribution in [2.75, 3.05) is 26.4 Å². The number of benzene rings is 8. The fourth-order valence-corrected chi connectivity index (χ4v) is 18.7. The standard InChI is InChI=1S/C104H68N8O10S2/c1-5-119-101(115)63-23-15-59(16-24-63)91-81-41-35-67(105-81)55-68-36-42-82(106-68)92(60-17-25-64(26-18-60)102(116)120-6-2)86-50-46-78(110-86)73(77-45-49-85(91)109-77)39-31-57-33-53-89-95-71(57)11-9-13-75(95)97(113)99(123-89)100-98(114)76-14-10-12-72-58(34-54-90(124-100)96(72)76)32-40-74-79-47-51-87(111-79)93(61-19-27-65(28-20-61)103(117)121-7-3)83-43-37-69(107-83)56-70-38-44-84(108-70)94(88-52-48-80(74)112-88)62-21-29-66(30-22-62)104(118)122-8-4/h9-30,33-38,41-56,105,107,110,112H,5-8H2,1-4H3/b67-55?,68-55?,69-56?,70-56?,77-73?,78-73?,79-74?,80-74?,91-81?,91-85?,92-82?,92-86?,93-83?,93-87?,94-84?,94-88?,100-99-. The maximum atomic E-state index is 15.5. The van der Waals surface area contributed by atoms with E-state index in [9.17, 15) is 19.2 Å². The number of nitrogens with one attached hydrogen (secondary N) is 4. The Morgan fingerprint density at radius 2 is 0.621 bits per heavy atom. The molecule has 20 rings (SSSR count). The van der Waals surface area contributed by atoms with Crippen molar-refractivity contribution in [3.05, 3.63) is 338 Å². The summed E-state index contributed by atoms with van der Waals surface area (Å²) in [5.74, 6) is 12.6. The molecular weight excluding hydrogens is 1590 g/mol. The average Bonchev–Trinajstić information content (AvgIpc) is 0.977. The van der Waals surface area contributed by atoms with Crippen LogP contribution < -0.4 is 10.9 Å². The highest BCUT2D eigenvalue weighted by Gasteiger charge is 2.23. The number of aromatic amines is 4. The van der Waals surface area contributed by atoms with Gasteiger partial charge in [0.25, 0.3) is 0 Å². The van der Waals surface area contributed by atoms with E-state index in [1.54, 1.807) is 76.2 Å². The normalized spacial score (nSPS) is 12.2. The van der Waals surface area contributed by atoms with Crippen molar-refractivity contribution >= 4 is 181 Å². The summed E-state index contributed by atoms with van der Waals surface area (Å²) in [7, 11) is 0. The van der Waals surface area contributed by atoms with E-state index in [0.29, 0.717) is 132 Å². The molecule has 18 nitrogen and oxygen atoms in total. The summed E-state index contributed by atoms with van der Waals surface area (Å²) in [5, 5.41) is 3.80. The van der Waals surface area contributed by atoms with Crippen molar-refractivity contribution in [2.24, 2.45) is 0 Å². The average molecular weight is 1650 g/mol. The third kappa shape index (κ3) is 14.1. The number of ether oxygens (including phenoxy) is 4. The number of carbonyl (C=O) groups is 4. The van der Waals surface area contributed by atoms with Crippen LogP contribution in [0.3, 0.4) is 0 Å². The number of hydrogen-bond donors (Lipinski definition) is 4. The summed E-state index contributed by atoms with van der Waals surface area (Å²) in [4.78, 5) is 118. The summed E-state index contributed by atoms with van der Waals surface area (Å²) >= 11 is 2.56. The Labute approximate surface area is 714 Å². The fraction of sp³-hybridized carbons (Fsp3) is 0.0769. The molecule has 4 N–H and O–H groups in total. The van der Waals surface area contributed by atoms with Gasteiger partial charge in [0.1, 0.15) is 0 Å². The van der Waals surface area contributed by atoms with Crippen molar-refractivity contribution in [3.8, 4) is 68.2 Å². The summed E-state index contributed by atoms with van der Waals surface area (Å²) in [6, 6.07) is 68.1. The van der Waals surface area contributed by atoms with Gasteiger partial charge in [-0.3, -0.25) is 9.59 Å². The summed E-state index contributed by atoms with van der Waals surface area (Å²) in [6.45, 7) is 8.06. The highest BCUT2D eigenvalue weighted by molar-refractivity contribution is 7.20. The van der Waals surface area contributed by atoms with Crippen LogP contribution in [0, 0.1) is 32.7 Å². The minimum Gasteiger partial charge on any atom is -0.462 e. The van der Waals surface area contributed by atoms with Gasteiger partial charge in [-0.1, -0.05) is 109 Å². The Hall–Kier alpha value is -16.0. The third-order valence-electron chi connectivity index (χ3n) is 22.1. The van der Waals surface area contributed by atoms with Gasteiger partial charge in [0.05, 0.1) is 125 Å². The Morgan fingerprint density at radius 3 is 0.976 bits per heavy atom. The lowest BCUT2D eigenvalue weighted by molar-refractivity contribution is 0.0517. The van der Waals surface area contributed by atoms with Gasteiger partial charge in [-0.2, -0.15) is 0 Å². The van der Waals surface area contributed by atoms with Crippen LogP contribution in [0.1, 0.15) is 137 Å². The maximum Gasteiger partial charge on any atom is 0.338 e. The molecule has 0 fully saturated rings. The number of fused-ring (bicyclic) bond motifs is 16. The molecule has 8 aromatic carbocycles. The van der Waals surface area contributed by atoms with Gasteiger partial charge in [0.2, 0.25) is 10.9 Å². The first-order valence-electron chi connectivity index (χ1n) is 40.4. The van der Waals surface area contributed by atoms with E-state index in [-0.39, 0.29) is 37.3 Å². The Kier molecular flexibility index (Phi) is 19.7. The third-order valence-corrected chi connectivity index (χ3v) is 24.5. The van der Waals surface area contributed by atoms with Crippen LogP contribution in [0.4, 0.5) is 0 Å². The lowest BCUT2D eigenvalue weighted by Gasteiger charge is -2.08. The molecule has 0 atom stereocenters. The lowest BCUT2D eigenvalue weighted by Crippen LogP contribution is -2.08. The van der Waals surface area contributed by atoms with E-state index >= 15 is 9.59 Å². The van der Waals surface area contributed by atoms with Gasteiger partial charge in [0, 0.05) is 97.4 Å². The lowest BCUT2D eigenvalue weighted by atomic mass is 10.0. The molecule has 0 unspecified atom stereocenters. The van der Waals surface area contributed by atoms with Crippen LogP contribution in [-0.2, 0) is 18.9 Å². The molecule has 4 aliphatic heterocycles. The fourth-order valence-electron chi connectivity index (χ4n) is 16.3. The van der Waals surface area contributed by atoms with Gasteiger partial charge >= 0.3 is 23.9 Å². The van der Waals surface area contributed by atoms with Gasteiger partial charge in [-0.15, -0.1) is 22.7 Å². The summed E-state index contributed by atoms with van der Waals surface area (Å²) in [6.07, 6.45) is 15.7. The Bertz CT molecular complexity index is 7580.